The van der Waals surface area contributed by atoms with Crippen molar-refractivity contribution in [1.82, 2.24) is 14.7 Å². The molecule has 2 fully saturated rings. The van der Waals surface area contributed by atoms with Crippen LogP contribution in [0, 0.1) is 5.92 Å². The Morgan fingerprint density at radius 1 is 1.17 bits per heavy atom. The van der Waals surface area contributed by atoms with E-state index in [1.54, 1.807) is 0 Å². The second kappa shape index (κ2) is 6.89. The first-order valence-electron chi connectivity index (χ1n) is 8.70. The minimum absolute atomic E-state index is 0.165. The standard InChI is InChI=1S/C18H22N4OS/c23-17(19-15-6-7-15)14-8-10-22(11-9-14)18-20-16(21-24-18)12-13-4-2-1-3-5-13/h1-5,14-15H,6-12H2,(H,19,23). The topological polar surface area (TPSA) is 58.1 Å². The third-order valence-corrected chi connectivity index (χ3v) is 5.54. The van der Waals surface area contributed by atoms with E-state index in [0.29, 0.717) is 6.04 Å². The number of piperidine rings is 1. The first-order chi connectivity index (χ1) is 11.8. The Labute approximate surface area is 146 Å². The van der Waals surface area contributed by atoms with Crippen molar-refractivity contribution in [2.75, 3.05) is 18.0 Å². The maximum absolute atomic E-state index is 12.1. The molecule has 1 amide bonds. The number of amides is 1. The number of hydrogen-bond acceptors (Lipinski definition) is 5. The molecular weight excluding hydrogens is 320 g/mol. The van der Waals surface area contributed by atoms with Gasteiger partial charge in [-0.25, -0.2) is 4.98 Å². The lowest BCUT2D eigenvalue weighted by molar-refractivity contribution is -0.125. The van der Waals surface area contributed by atoms with Crippen LogP contribution in [0.3, 0.4) is 0 Å². The Bertz CT molecular complexity index is 690. The number of hydrogen-bond donors (Lipinski definition) is 1. The van der Waals surface area contributed by atoms with Crippen LogP contribution in [-0.2, 0) is 11.2 Å². The van der Waals surface area contributed by atoms with Crippen molar-refractivity contribution in [2.24, 2.45) is 5.92 Å². The normalized spacial score (nSPS) is 18.6. The molecule has 2 aliphatic rings. The zero-order chi connectivity index (χ0) is 16.4. The summed E-state index contributed by atoms with van der Waals surface area (Å²) in [6, 6.07) is 10.8. The van der Waals surface area contributed by atoms with Gasteiger partial charge in [0.2, 0.25) is 11.0 Å². The molecule has 2 aromatic rings. The number of rotatable bonds is 5. The van der Waals surface area contributed by atoms with E-state index in [0.717, 1.165) is 56.1 Å². The second-order valence-corrected chi connectivity index (χ2v) is 7.43. The van der Waals surface area contributed by atoms with E-state index >= 15 is 0 Å². The Kier molecular flexibility index (Phi) is 4.47. The molecule has 1 N–H and O–H groups in total. The van der Waals surface area contributed by atoms with Crippen LogP contribution in [0.5, 0.6) is 0 Å². The van der Waals surface area contributed by atoms with Crippen LogP contribution < -0.4 is 10.2 Å². The van der Waals surface area contributed by atoms with Gasteiger partial charge in [-0.2, -0.15) is 4.37 Å². The Morgan fingerprint density at radius 2 is 1.92 bits per heavy atom. The largest absolute Gasteiger partial charge is 0.353 e. The van der Waals surface area contributed by atoms with Crippen LogP contribution >= 0.6 is 11.5 Å². The molecule has 4 rings (SSSR count). The Balaban J connectivity index is 1.31. The predicted molar refractivity (Wildman–Crippen MR) is 95.3 cm³/mol. The van der Waals surface area contributed by atoms with Gasteiger partial charge in [-0.15, -0.1) is 0 Å². The van der Waals surface area contributed by atoms with Crippen molar-refractivity contribution in [3.8, 4) is 0 Å². The zero-order valence-electron chi connectivity index (χ0n) is 13.6. The lowest BCUT2D eigenvalue weighted by atomic mass is 9.96. The first-order valence-corrected chi connectivity index (χ1v) is 9.47. The van der Waals surface area contributed by atoms with Crippen LogP contribution in [0.1, 0.15) is 37.1 Å². The van der Waals surface area contributed by atoms with Gasteiger partial charge in [-0.3, -0.25) is 4.79 Å². The fraction of sp³-hybridized carbons (Fsp3) is 0.500. The van der Waals surface area contributed by atoms with Gasteiger partial charge in [0, 0.05) is 43.0 Å². The highest BCUT2D eigenvalue weighted by atomic mass is 32.1. The van der Waals surface area contributed by atoms with Gasteiger partial charge in [0.1, 0.15) is 5.82 Å². The summed E-state index contributed by atoms with van der Waals surface area (Å²) in [6.07, 6.45) is 4.90. The van der Waals surface area contributed by atoms with Gasteiger partial charge in [0.05, 0.1) is 0 Å². The quantitative estimate of drug-likeness (QED) is 0.907. The van der Waals surface area contributed by atoms with Gasteiger partial charge in [-0.1, -0.05) is 30.3 Å². The summed E-state index contributed by atoms with van der Waals surface area (Å²) in [5.41, 5.74) is 1.23. The number of nitrogens with zero attached hydrogens (tertiary/aromatic N) is 3. The minimum atomic E-state index is 0.165. The van der Waals surface area contributed by atoms with E-state index in [1.807, 2.05) is 18.2 Å². The van der Waals surface area contributed by atoms with Crippen molar-refractivity contribution in [1.29, 1.82) is 0 Å². The lowest BCUT2D eigenvalue weighted by Gasteiger charge is -2.30. The summed E-state index contributed by atoms with van der Waals surface area (Å²) in [5.74, 6) is 1.30. The molecule has 0 spiro atoms. The van der Waals surface area contributed by atoms with Crippen molar-refractivity contribution in [2.45, 2.75) is 38.1 Å². The third kappa shape index (κ3) is 3.75. The second-order valence-electron chi connectivity index (χ2n) is 6.70. The minimum Gasteiger partial charge on any atom is -0.353 e. The van der Waals surface area contributed by atoms with Crippen molar-refractivity contribution >= 4 is 22.6 Å². The molecule has 2 heterocycles. The summed E-state index contributed by atoms with van der Waals surface area (Å²) in [5, 5.41) is 4.11. The van der Waals surface area contributed by atoms with Crippen molar-refractivity contribution in [3.63, 3.8) is 0 Å². The van der Waals surface area contributed by atoms with Crippen LogP contribution in [0.25, 0.3) is 0 Å². The van der Waals surface area contributed by atoms with E-state index in [-0.39, 0.29) is 11.8 Å². The molecule has 6 heteroatoms. The van der Waals surface area contributed by atoms with E-state index in [9.17, 15) is 4.79 Å². The zero-order valence-corrected chi connectivity index (χ0v) is 14.5. The average molecular weight is 342 g/mol. The Hall–Kier alpha value is -1.95. The number of carbonyl (C=O) groups is 1. The lowest BCUT2D eigenvalue weighted by Crippen LogP contribution is -2.41. The average Bonchev–Trinajstić information content (AvgIpc) is 3.31. The molecule has 1 saturated heterocycles. The van der Waals surface area contributed by atoms with Gasteiger partial charge in [0.25, 0.3) is 0 Å². The van der Waals surface area contributed by atoms with E-state index < -0.39 is 0 Å². The number of aromatic nitrogens is 2. The molecule has 1 aliphatic heterocycles. The van der Waals surface area contributed by atoms with E-state index in [2.05, 4.69) is 26.7 Å². The molecule has 0 unspecified atom stereocenters. The smallest absolute Gasteiger partial charge is 0.223 e. The van der Waals surface area contributed by atoms with Crippen LogP contribution in [-0.4, -0.2) is 34.4 Å². The fourth-order valence-electron chi connectivity index (χ4n) is 3.10. The highest BCUT2D eigenvalue weighted by molar-refractivity contribution is 7.09. The summed E-state index contributed by atoms with van der Waals surface area (Å²) < 4.78 is 4.50. The molecule has 1 aliphatic carbocycles. The van der Waals surface area contributed by atoms with Gasteiger partial charge in [0.15, 0.2) is 0 Å². The van der Waals surface area contributed by atoms with E-state index in [4.69, 9.17) is 4.98 Å². The first kappa shape index (κ1) is 15.6. The molecule has 0 atom stereocenters. The van der Waals surface area contributed by atoms with Crippen molar-refractivity contribution in [3.05, 3.63) is 41.7 Å². The predicted octanol–water partition coefficient (Wildman–Crippen LogP) is 2.62. The summed E-state index contributed by atoms with van der Waals surface area (Å²) in [4.78, 5) is 19.1. The molecule has 1 aromatic heterocycles. The summed E-state index contributed by atoms with van der Waals surface area (Å²) in [7, 11) is 0. The highest BCUT2D eigenvalue weighted by Crippen LogP contribution is 2.26. The van der Waals surface area contributed by atoms with Gasteiger partial charge >= 0.3 is 0 Å². The molecule has 1 aromatic carbocycles. The maximum Gasteiger partial charge on any atom is 0.223 e. The highest BCUT2D eigenvalue weighted by Gasteiger charge is 2.30. The molecule has 0 radical (unpaired) electrons. The van der Waals surface area contributed by atoms with E-state index in [1.165, 1.54) is 17.1 Å². The van der Waals surface area contributed by atoms with Gasteiger partial charge < -0.3 is 10.2 Å². The molecule has 1 saturated carbocycles. The maximum atomic E-state index is 12.1. The third-order valence-electron chi connectivity index (χ3n) is 4.72. The van der Waals surface area contributed by atoms with Crippen LogP contribution in [0.15, 0.2) is 30.3 Å². The van der Waals surface area contributed by atoms with Crippen LogP contribution in [0.4, 0.5) is 5.13 Å². The fourth-order valence-corrected chi connectivity index (χ4v) is 3.84. The number of carbonyl (C=O) groups excluding carboxylic acids is 1. The molecule has 5 nitrogen and oxygen atoms in total. The number of anilines is 1. The molecule has 126 valence electrons. The van der Waals surface area contributed by atoms with Crippen molar-refractivity contribution < 1.29 is 4.79 Å². The molecule has 0 bridgehead atoms. The Morgan fingerprint density at radius 3 is 2.62 bits per heavy atom. The molecule has 24 heavy (non-hydrogen) atoms. The molecular formula is C18H22N4OS. The monoisotopic (exact) mass is 342 g/mol. The number of nitrogens with one attached hydrogen (secondary N) is 1. The summed E-state index contributed by atoms with van der Waals surface area (Å²) in [6.45, 7) is 1.78. The van der Waals surface area contributed by atoms with Gasteiger partial charge in [-0.05, 0) is 31.2 Å². The number of benzene rings is 1. The summed E-state index contributed by atoms with van der Waals surface area (Å²) >= 11 is 1.47. The van der Waals surface area contributed by atoms with Crippen LogP contribution in [0.2, 0.25) is 0 Å². The SMILES string of the molecule is O=C(NC1CC1)C1CCN(c2nc(Cc3ccccc3)ns2)CC1.